The number of carbonyl (C=O) groups excluding carboxylic acids is 3. The smallest absolute Gasteiger partial charge is 0.407 e. The minimum Gasteiger partial charge on any atom is -0.453 e. The van der Waals surface area contributed by atoms with Crippen LogP contribution in [0, 0.1) is 11.3 Å². The molecule has 0 aliphatic heterocycles. The van der Waals surface area contributed by atoms with Gasteiger partial charge >= 0.3 is 6.09 Å². The number of halogens is 1. The van der Waals surface area contributed by atoms with E-state index in [1.807, 2.05) is 13.8 Å². The Morgan fingerprint density at radius 2 is 1.90 bits per heavy atom. The average Bonchev–Trinajstić information content (AvgIpc) is 3.21. The van der Waals surface area contributed by atoms with E-state index in [1.165, 1.54) is 7.11 Å². The number of methoxy groups -OCH3 is 1. The van der Waals surface area contributed by atoms with Gasteiger partial charge in [-0.15, -0.1) is 0 Å². The lowest BCUT2D eigenvalue weighted by Crippen LogP contribution is -2.51. The average molecular weight is 397 g/mol. The Labute approximate surface area is 132 Å². The highest BCUT2D eigenvalue weighted by molar-refractivity contribution is 14.1. The molecule has 8 heteroatoms. The summed E-state index contributed by atoms with van der Waals surface area (Å²) in [7, 11) is 1.24. The summed E-state index contributed by atoms with van der Waals surface area (Å²) in [5.74, 6) is -0.457. The van der Waals surface area contributed by atoms with Gasteiger partial charge in [0.15, 0.2) is 0 Å². The van der Waals surface area contributed by atoms with Gasteiger partial charge in [0.05, 0.1) is 35.4 Å². The van der Waals surface area contributed by atoms with E-state index in [0.29, 0.717) is 0 Å². The van der Waals surface area contributed by atoms with Crippen molar-refractivity contribution in [1.29, 1.82) is 0 Å². The summed E-state index contributed by atoms with van der Waals surface area (Å²) < 4.78 is 7.07. The van der Waals surface area contributed by atoms with E-state index in [2.05, 4.69) is 18.9 Å². The van der Waals surface area contributed by atoms with Gasteiger partial charge in [-0.2, -0.15) is 0 Å². The maximum absolute atomic E-state index is 12.1. The molecule has 0 aromatic carbocycles. The molecule has 3 N–H and O–H groups in total. The SMILES string of the molecule is COC(=O)N[C@H](C(=O)NCC1(C(=O)NI)CC1)C(C)C. The second kappa shape index (κ2) is 7.09. The minimum atomic E-state index is -0.680. The summed E-state index contributed by atoms with van der Waals surface area (Å²) in [4.78, 5) is 35.0. The highest BCUT2D eigenvalue weighted by Gasteiger charge is 2.49. The van der Waals surface area contributed by atoms with Crippen LogP contribution < -0.4 is 14.2 Å². The van der Waals surface area contributed by atoms with Crippen molar-refractivity contribution in [2.45, 2.75) is 32.7 Å². The fourth-order valence-electron chi connectivity index (χ4n) is 1.82. The first-order chi connectivity index (χ1) is 9.36. The maximum atomic E-state index is 12.1. The predicted molar refractivity (Wildman–Crippen MR) is 81.0 cm³/mol. The fraction of sp³-hybridized carbons (Fsp3) is 0.750. The van der Waals surface area contributed by atoms with Crippen LogP contribution in [0.1, 0.15) is 26.7 Å². The third kappa shape index (κ3) is 4.22. The minimum absolute atomic E-state index is 0.0691. The normalized spacial score (nSPS) is 17.1. The molecule has 7 nitrogen and oxygen atoms in total. The summed E-state index contributed by atoms with van der Waals surface area (Å²) in [5.41, 5.74) is -0.482. The van der Waals surface area contributed by atoms with Crippen molar-refractivity contribution in [3.05, 3.63) is 0 Å². The second-order valence-electron chi connectivity index (χ2n) is 5.28. The molecule has 0 saturated heterocycles. The van der Waals surface area contributed by atoms with Crippen molar-refractivity contribution in [2.24, 2.45) is 11.3 Å². The van der Waals surface area contributed by atoms with Crippen LogP contribution in [0.5, 0.6) is 0 Å². The first-order valence-corrected chi connectivity index (χ1v) is 7.47. The van der Waals surface area contributed by atoms with Gasteiger partial charge in [0.1, 0.15) is 6.04 Å². The monoisotopic (exact) mass is 397 g/mol. The Bertz CT molecular complexity index is 396. The quantitative estimate of drug-likeness (QED) is 0.455. The molecule has 0 heterocycles. The van der Waals surface area contributed by atoms with Gasteiger partial charge in [-0.05, 0) is 18.8 Å². The van der Waals surface area contributed by atoms with Crippen LogP contribution in [0.25, 0.3) is 0 Å². The van der Waals surface area contributed by atoms with Gasteiger partial charge in [-0.3, -0.25) is 13.1 Å². The Morgan fingerprint density at radius 3 is 2.30 bits per heavy atom. The predicted octanol–water partition coefficient (Wildman–Crippen LogP) is 0.730. The lowest BCUT2D eigenvalue weighted by molar-refractivity contribution is -0.126. The number of hydrogen-bond acceptors (Lipinski definition) is 4. The first kappa shape index (κ1) is 17.0. The third-order valence-corrected chi connectivity index (χ3v) is 3.92. The van der Waals surface area contributed by atoms with Gasteiger partial charge in [-0.1, -0.05) is 13.8 Å². The van der Waals surface area contributed by atoms with E-state index in [4.69, 9.17) is 0 Å². The number of amides is 3. The summed E-state index contributed by atoms with van der Waals surface area (Å²) in [6.07, 6.45) is 0.877. The van der Waals surface area contributed by atoms with Gasteiger partial charge < -0.3 is 15.4 Å². The highest BCUT2D eigenvalue weighted by atomic mass is 127. The van der Waals surface area contributed by atoms with E-state index in [1.54, 1.807) is 22.9 Å². The van der Waals surface area contributed by atoms with Gasteiger partial charge in [0, 0.05) is 6.54 Å². The topological polar surface area (TPSA) is 96.5 Å². The molecule has 0 unspecified atom stereocenters. The second-order valence-corrected chi connectivity index (χ2v) is 5.82. The summed E-state index contributed by atoms with van der Waals surface area (Å²) in [6, 6.07) is -0.680. The number of carbonyl (C=O) groups is 3. The number of ether oxygens (including phenoxy) is 1. The molecule has 0 spiro atoms. The number of alkyl carbamates (subject to hydrolysis) is 1. The van der Waals surface area contributed by atoms with Crippen LogP contribution in [-0.4, -0.2) is 37.6 Å². The zero-order valence-electron chi connectivity index (χ0n) is 11.8. The van der Waals surface area contributed by atoms with Crippen LogP contribution in [-0.2, 0) is 14.3 Å². The Morgan fingerprint density at radius 1 is 1.30 bits per heavy atom. The Balaban J connectivity index is 2.55. The summed E-state index contributed by atoms with van der Waals surface area (Å²) in [5, 5.41) is 5.23. The van der Waals surface area contributed by atoms with E-state index < -0.39 is 17.6 Å². The summed E-state index contributed by atoms with van der Waals surface area (Å²) in [6.45, 7) is 3.93. The van der Waals surface area contributed by atoms with E-state index >= 15 is 0 Å². The molecule has 1 rings (SSSR count). The van der Waals surface area contributed by atoms with Crippen molar-refractivity contribution in [1.82, 2.24) is 14.2 Å². The molecule has 0 aromatic heterocycles. The van der Waals surface area contributed by atoms with Crippen LogP contribution in [0.2, 0.25) is 0 Å². The zero-order chi connectivity index (χ0) is 15.3. The van der Waals surface area contributed by atoms with Gasteiger partial charge in [-0.25, -0.2) is 4.79 Å². The highest BCUT2D eigenvalue weighted by Crippen LogP contribution is 2.45. The summed E-state index contributed by atoms with van der Waals surface area (Å²) >= 11 is 1.79. The van der Waals surface area contributed by atoms with Gasteiger partial charge in [0.25, 0.3) is 0 Å². The molecule has 1 fully saturated rings. The lowest BCUT2D eigenvalue weighted by atomic mass is 10.0. The number of nitrogens with one attached hydrogen (secondary N) is 3. The van der Waals surface area contributed by atoms with E-state index in [-0.39, 0.29) is 24.3 Å². The number of hydrogen-bond donors (Lipinski definition) is 3. The van der Waals surface area contributed by atoms with Crippen molar-refractivity contribution in [2.75, 3.05) is 13.7 Å². The fourth-order valence-corrected chi connectivity index (χ4v) is 2.39. The van der Waals surface area contributed by atoms with Crippen molar-refractivity contribution >= 4 is 40.8 Å². The third-order valence-electron chi connectivity index (χ3n) is 3.43. The molecule has 1 atom stereocenters. The van der Waals surface area contributed by atoms with Crippen molar-refractivity contribution in [3.8, 4) is 0 Å². The van der Waals surface area contributed by atoms with Gasteiger partial charge in [0.2, 0.25) is 11.8 Å². The molecule has 1 aliphatic rings. The molecule has 20 heavy (non-hydrogen) atoms. The maximum Gasteiger partial charge on any atom is 0.407 e. The van der Waals surface area contributed by atoms with Crippen molar-refractivity contribution in [3.63, 3.8) is 0 Å². The lowest BCUT2D eigenvalue weighted by Gasteiger charge is -2.22. The molecular weight excluding hydrogens is 377 g/mol. The molecule has 0 bridgehead atoms. The van der Waals surface area contributed by atoms with Crippen LogP contribution in [0.4, 0.5) is 4.79 Å². The van der Waals surface area contributed by atoms with E-state index in [9.17, 15) is 14.4 Å². The molecule has 1 aliphatic carbocycles. The Kier molecular flexibility index (Phi) is 6.03. The Hall–Kier alpha value is -1.06. The first-order valence-electron chi connectivity index (χ1n) is 6.39. The molecule has 0 aromatic rings. The van der Waals surface area contributed by atoms with Crippen LogP contribution >= 0.6 is 22.9 Å². The van der Waals surface area contributed by atoms with E-state index in [0.717, 1.165) is 12.8 Å². The zero-order valence-corrected chi connectivity index (χ0v) is 13.9. The largest absolute Gasteiger partial charge is 0.453 e. The van der Waals surface area contributed by atoms with Crippen LogP contribution in [0.15, 0.2) is 0 Å². The standard InChI is InChI=1S/C12H20IN3O4/c1-7(2)8(15-11(19)20-3)9(17)14-6-12(4-5-12)10(18)16-13/h7-8H,4-6H2,1-3H3,(H,14,17)(H,15,19)(H,16,18)/t8-/m0/s1. The van der Waals surface area contributed by atoms with Crippen LogP contribution in [0.3, 0.4) is 0 Å². The molecule has 3 amide bonds. The molecule has 0 radical (unpaired) electrons. The molecule has 114 valence electrons. The van der Waals surface area contributed by atoms with Crippen molar-refractivity contribution < 1.29 is 19.1 Å². The molecule has 1 saturated carbocycles. The molecular formula is C12H20IN3O4. The number of rotatable bonds is 6.